The van der Waals surface area contributed by atoms with Crippen molar-refractivity contribution in [2.45, 2.75) is 19.4 Å². The molecule has 2 N–H and O–H groups in total. The summed E-state index contributed by atoms with van der Waals surface area (Å²) in [5.74, 6) is 0.534. The van der Waals surface area contributed by atoms with Crippen LogP contribution in [0.2, 0.25) is 0 Å². The zero-order valence-electron chi connectivity index (χ0n) is 8.32. The van der Waals surface area contributed by atoms with Gasteiger partial charge in [-0.2, -0.15) is 0 Å². The minimum Gasteiger partial charge on any atom is -0.375 e. The van der Waals surface area contributed by atoms with Crippen molar-refractivity contribution >= 4 is 5.91 Å². The van der Waals surface area contributed by atoms with Gasteiger partial charge in [0.25, 0.3) is 0 Å². The third-order valence-corrected chi connectivity index (χ3v) is 2.59. The van der Waals surface area contributed by atoms with Gasteiger partial charge >= 0.3 is 0 Å². The third-order valence-electron chi connectivity index (χ3n) is 2.59. The molecule has 2 unspecified atom stereocenters. The summed E-state index contributed by atoms with van der Waals surface area (Å²) >= 11 is 0. The smallest absolute Gasteiger partial charge is 0.248 e. The number of methoxy groups -OCH3 is 1. The van der Waals surface area contributed by atoms with E-state index in [-0.39, 0.29) is 18.6 Å². The Bertz CT molecular complexity index is 182. The highest BCUT2D eigenvalue weighted by atomic mass is 16.5. The van der Waals surface area contributed by atoms with Crippen LogP contribution < -0.4 is 5.73 Å². The summed E-state index contributed by atoms with van der Waals surface area (Å²) in [5.41, 5.74) is 5.76. The van der Waals surface area contributed by atoms with Gasteiger partial charge in [-0.3, -0.25) is 4.79 Å². The summed E-state index contributed by atoms with van der Waals surface area (Å²) in [6.45, 7) is 3.80. The molecule has 0 aromatic rings. The van der Waals surface area contributed by atoms with Gasteiger partial charge < -0.3 is 15.4 Å². The maximum Gasteiger partial charge on any atom is 0.248 e. The minimum absolute atomic E-state index is 0.0747. The summed E-state index contributed by atoms with van der Waals surface area (Å²) in [7, 11) is 1.54. The van der Waals surface area contributed by atoms with Crippen LogP contribution >= 0.6 is 0 Å². The number of amides is 1. The number of ether oxygens (including phenoxy) is 1. The Morgan fingerprint density at radius 2 is 2.46 bits per heavy atom. The lowest BCUT2D eigenvalue weighted by atomic mass is 10.0. The van der Waals surface area contributed by atoms with Gasteiger partial charge in [0, 0.05) is 26.2 Å². The number of hydrogen-bond donors (Lipinski definition) is 1. The first-order valence-corrected chi connectivity index (χ1v) is 4.67. The molecule has 0 spiro atoms. The first kappa shape index (κ1) is 10.5. The van der Waals surface area contributed by atoms with Crippen molar-refractivity contribution in [3.8, 4) is 0 Å². The molecule has 1 amide bonds. The van der Waals surface area contributed by atoms with E-state index in [0.717, 1.165) is 19.5 Å². The molecule has 1 heterocycles. The van der Waals surface area contributed by atoms with Crippen LogP contribution in [0.4, 0.5) is 0 Å². The Kier molecular flexibility index (Phi) is 3.69. The number of nitrogens with zero attached hydrogens (tertiary/aromatic N) is 1. The van der Waals surface area contributed by atoms with E-state index in [1.165, 1.54) is 7.11 Å². The average Bonchev–Trinajstić information content (AvgIpc) is 2.52. The molecule has 1 rings (SSSR count). The Labute approximate surface area is 79.0 Å². The highest BCUT2D eigenvalue weighted by molar-refractivity contribution is 5.77. The predicted molar refractivity (Wildman–Crippen MR) is 50.2 cm³/mol. The number of carbonyl (C=O) groups excluding carboxylic acids is 1. The summed E-state index contributed by atoms with van der Waals surface area (Å²) in [6.07, 6.45) is 1.02. The van der Waals surface area contributed by atoms with Crippen LogP contribution in [0.25, 0.3) is 0 Å². The van der Waals surface area contributed by atoms with Crippen molar-refractivity contribution in [3.05, 3.63) is 0 Å². The molecule has 4 nitrogen and oxygen atoms in total. The van der Waals surface area contributed by atoms with Crippen LogP contribution in [0.5, 0.6) is 0 Å². The molecular formula is C9H18N2O2. The van der Waals surface area contributed by atoms with Gasteiger partial charge in [0.05, 0.1) is 0 Å². The van der Waals surface area contributed by atoms with Crippen molar-refractivity contribution in [1.82, 2.24) is 4.90 Å². The van der Waals surface area contributed by atoms with Crippen molar-refractivity contribution in [1.29, 1.82) is 0 Å². The number of likely N-dealkylation sites (tertiary alicyclic amines) is 1. The van der Waals surface area contributed by atoms with Crippen LogP contribution in [-0.4, -0.2) is 43.7 Å². The molecule has 1 aliphatic rings. The van der Waals surface area contributed by atoms with Gasteiger partial charge in [-0.1, -0.05) is 0 Å². The SMILES string of the molecule is COCC(=O)N1CCC(C(C)N)C1. The fraction of sp³-hybridized carbons (Fsp3) is 0.889. The van der Waals surface area contributed by atoms with Crippen LogP contribution in [-0.2, 0) is 9.53 Å². The molecule has 1 saturated heterocycles. The lowest BCUT2D eigenvalue weighted by molar-refractivity contribution is -0.134. The molecule has 2 atom stereocenters. The largest absolute Gasteiger partial charge is 0.375 e. The molecular weight excluding hydrogens is 168 g/mol. The second-order valence-corrected chi connectivity index (χ2v) is 3.68. The fourth-order valence-electron chi connectivity index (χ4n) is 1.66. The van der Waals surface area contributed by atoms with E-state index >= 15 is 0 Å². The fourth-order valence-corrected chi connectivity index (χ4v) is 1.66. The predicted octanol–water partition coefficient (Wildman–Crippen LogP) is -0.171. The Morgan fingerprint density at radius 3 is 2.92 bits per heavy atom. The van der Waals surface area contributed by atoms with Gasteiger partial charge in [0.2, 0.25) is 5.91 Å². The van der Waals surface area contributed by atoms with Crippen molar-refractivity contribution < 1.29 is 9.53 Å². The maximum atomic E-state index is 11.4. The molecule has 4 heteroatoms. The third kappa shape index (κ3) is 2.67. The van der Waals surface area contributed by atoms with Gasteiger partial charge in [-0.25, -0.2) is 0 Å². The number of hydrogen-bond acceptors (Lipinski definition) is 3. The zero-order chi connectivity index (χ0) is 9.84. The Hall–Kier alpha value is -0.610. The molecule has 1 fully saturated rings. The first-order chi connectivity index (χ1) is 6.15. The van der Waals surface area contributed by atoms with Gasteiger partial charge in [0.1, 0.15) is 6.61 Å². The van der Waals surface area contributed by atoms with Crippen LogP contribution in [0.1, 0.15) is 13.3 Å². The second-order valence-electron chi connectivity index (χ2n) is 3.68. The van der Waals surface area contributed by atoms with E-state index in [1.54, 1.807) is 0 Å². The Morgan fingerprint density at radius 1 is 1.77 bits per heavy atom. The average molecular weight is 186 g/mol. The molecule has 13 heavy (non-hydrogen) atoms. The highest BCUT2D eigenvalue weighted by Crippen LogP contribution is 2.18. The lowest BCUT2D eigenvalue weighted by Crippen LogP contribution is -2.34. The van der Waals surface area contributed by atoms with Crippen LogP contribution in [0.3, 0.4) is 0 Å². The summed E-state index contributed by atoms with van der Waals surface area (Å²) in [6, 6.07) is 0.181. The molecule has 0 aromatic heterocycles. The molecule has 1 aliphatic heterocycles. The molecule has 0 aromatic carbocycles. The number of rotatable bonds is 3. The van der Waals surface area contributed by atoms with Crippen molar-refractivity contribution in [2.24, 2.45) is 11.7 Å². The molecule has 0 bridgehead atoms. The van der Waals surface area contributed by atoms with Crippen LogP contribution in [0.15, 0.2) is 0 Å². The van der Waals surface area contributed by atoms with E-state index in [4.69, 9.17) is 10.5 Å². The van der Waals surface area contributed by atoms with E-state index in [2.05, 4.69) is 0 Å². The monoisotopic (exact) mass is 186 g/mol. The molecule has 0 radical (unpaired) electrons. The minimum atomic E-state index is 0.0747. The normalized spacial score (nSPS) is 24.8. The molecule has 0 saturated carbocycles. The maximum absolute atomic E-state index is 11.4. The highest BCUT2D eigenvalue weighted by Gasteiger charge is 2.27. The number of carbonyl (C=O) groups is 1. The van der Waals surface area contributed by atoms with E-state index < -0.39 is 0 Å². The van der Waals surface area contributed by atoms with Crippen molar-refractivity contribution in [2.75, 3.05) is 26.8 Å². The first-order valence-electron chi connectivity index (χ1n) is 4.67. The Balaban J connectivity index is 2.36. The van der Waals surface area contributed by atoms with Gasteiger partial charge in [-0.05, 0) is 19.3 Å². The topological polar surface area (TPSA) is 55.6 Å². The van der Waals surface area contributed by atoms with Crippen molar-refractivity contribution in [3.63, 3.8) is 0 Å². The molecule has 0 aliphatic carbocycles. The number of nitrogens with two attached hydrogens (primary N) is 1. The molecule has 76 valence electrons. The van der Waals surface area contributed by atoms with E-state index in [1.807, 2.05) is 11.8 Å². The van der Waals surface area contributed by atoms with Gasteiger partial charge in [-0.15, -0.1) is 0 Å². The van der Waals surface area contributed by atoms with E-state index in [9.17, 15) is 4.79 Å². The summed E-state index contributed by atoms with van der Waals surface area (Å²) in [5, 5.41) is 0. The zero-order valence-corrected chi connectivity index (χ0v) is 8.32. The summed E-state index contributed by atoms with van der Waals surface area (Å²) in [4.78, 5) is 13.2. The summed E-state index contributed by atoms with van der Waals surface area (Å²) < 4.78 is 4.79. The quantitative estimate of drug-likeness (QED) is 0.665. The second kappa shape index (κ2) is 4.58. The van der Waals surface area contributed by atoms with Crippen LogP contribution in [0, 0.1) is 5.92 Å². The van der Waals surface area contributed by atoms with Gasteiger partial charge in [0.15, 0.2) is 0 Å². The van der Waals surface area contributed by atoms with E-state index in [0.29, 0.717) is 5.92 Å². The lowest BCUT2D eigenvalue weighted by Gasteiger charge is -2.17. The standard InChI is InChI=1S/C9H18N2O2/c1-7(10)8-3-4-11(5-8)9(12)6-13-2/h7-8H,3-6,10H2,1-2H3.